The van der Waals surface area contributed by atoms with Crippen LogP contribution < -0.4 is 11.1 Å². The fraction of sp³-hybridized carbons (Fsp3) is 0.188. The summed E-state index contributed by atoms with van der Waals surface area (Å²) in [5, 5.41) is 2.78. The van der Waals surface area contributed by atoms with Gasteiger partial charge >= 0.3 is 6.09 Å². The van der Waals surface area contributed by atoms with Gasteiger partial charge in [0.05, 0.1) is 6.04 Å². The Bertz CT molecular complexity index is 570. The highest BCUT2D eigenvalue weighted by molar-refractivity contribution is 5.68. The molecule has 1 atom stereocenters. The SMILES string of the molecule is C[C@@H](NC(=O)OCc1ccccc1)c1cccc(N)c1. The Labute approximate surface area is 118 Å². The molecule has 2 aromatic carbocycles. The number of rotatable bonds is 4. The molecule has 1 amide bonds. The van der Waals surface area contributed by atoms with Crippen molar-refractivity contribution < 1.29 is 9.53 Å². The van der Waals surface area contributed by atoms with E-state index in [1.54, 1.807) is 0 Å². The number of hydrogen-bond donors (Lipinski definition) is 2. The van der Waals surface area contributed by atoms with Crippen molar-refractivity contribution in [2.75, 3.05) is 5.73 Å². The van der Waals surface area contributed by atoms with Gasteiger partial charge in [-0.2, -0.15) is 0 Å². The van der Waals surface area contributed by atoms with Crippen LogP contribution in [0.15, 0.2) is 54.6 Å². The van der Waals surface area contributed by atoms with E-state index in [1.165, 1.54) is 0 Å². The van der Waals surface area contributed by atoms with E-state index < -0.39 is 6.09 Å². The van der Waals surface area contributed by atoms with Crippen molar-refractivity contribution in [1.82, 2.24) is 5.32 Å². The molecule has 2 aromatic rings. The van der Waals surface area contributed by atoms with Gasteiger partial charge in [0, 0.05) is 5.69 Å². The quantitative estimate of drug-likeness (QED) is 0.838. The molecular weight excluding hydrogens is 252 g/mol. The van der Waals surface area contributed by atoms with Crippen molar-refractivity contribution in [3.05, 3.63) is 65.7 Å². The lowest BCUT2D eigenvalue weighted by Crippen LogP contribution is -2.27. The summed E-state index contributed by atoms with van der Waals surface area (Å²) in [6.07, 6.45) is -0.441. The van der Waals surface area contributed by atoms with Crippen molar-refractivity contribution >= 4 is 11.8 Å². The maximum atomic E-state index is 11.7. The predicted molar refractivity (Wildman–Crippen MR) is 79.0 cm³/mol. The Morgan fingerprint density at radius 1 is 1.20 bits per heavy atom. The van der Waals surface area contributed by atoms with Crippen LogP contribution >= 0.6 is 0 Å². The number of amides is 1. The molecule has 3 N–H and O–H groups in total. The molecule has 0 aliphatic rings. The molecule has 4 heteroatoms. The molecule has 0 saturated heterocycles. The summed E-state index contributed by atoms with van der Waals surface area (Å²) in [4.78, 5) is 11.7. The molecule has 0 radical (unpaired) electrons. The summed E-state index contributed by atoms with van der Waals surface area (Å²) in [7, 11) is 0. The minimum absolute atomic E-state index is 0.151. The van der Waals surface area contributed by atoms with E-state index in [0.717, 1.165) is 11.1 Å². The number of nitrogens with two attached hydrogens (primary N) is 1. The average molecular weight is 270 g/mol. The highest BCUT2D eigenvalue weighted by Gasteiger charge is 2.10. The van der Waals surface area contributed by atoms with Crippen molar-refractivity contribution in [2.24, 2.45) is 0 Å². The van der Waals surface area contributed by atoms with Gasteiger partial charge in [-0.15, -0.1) is 0 Å². The van der Waals surface area contributed by atoms with Gasteiger partial charge in [0.25, 0.3) is 0 Å². The number of carbonyl (C=O) groups excluding carboxylic acids is 1. The van der Waals surface area contributed by atoms with E-state index in [2.05, 4.69) is 5.32 Å². The minimum atomic E-state index is -0.441. The number of benzene rings is 2. The van der Waals surface area contributed by atoms with E-state index in [9.17, 15) is 4.79 Å². The molecule has 0 saturated carbocycles. The van der Waals surface area contributed by atoms with Crippen LogP contribution in [0.25, 0.3) is 0 Å². The summed E-state index contributed by atoms with van der Waals surface area (Å²) >= 11 is 0. The Balaban J connectivity index is 1.85. The molecule has 2 rings (SSSR count). The third kappa shape index (κ3) is 4.02. The van der Waals surface area contributed by atoms with E-state index in [4.69, 9.17) is 10.5 Å². The lowest BCUT2D eigenvalue weighted by atomic mass is 10.1. The summed E-state index contributed by atoms with van der Waals surface area (Å²) < 4.78 is 5.17. The molecule has 0 fully saturated rings. The summed E-state index contributed by atoms with van der Waals surface area (Å²) in [5.41, 5.74) is 8.30. The first-order valence-electron chi connectivity index (χ1n) is 6.48. The molecule has 104 valence electrons. The number of carbonyl (C=O) groups is 1. The van der Waals surface area contributed by atoms with Crippen LogP contribution in [-0.4, -0.2) is 6.09 Å². The second-order valence-corrected chi connectivity index (χ2v) is 4.60. The van der Waals surface area contributed by atoms with E-state index in [0.29, 0.717) is 5.69 Å². The normalized spacial score (nSPS) is 11.7. The summed E-state index contributed by atoms with van der Waals surface area (Å²) in [6, 6.07) is 16.8. The third-order valence-corrected chi connectivity index (χ3v) is 2.96. The standard InChI is InChI=1S/C16H18N2O2/c1-12(14-8-5-9-15(17)10-14)18-16(19)20-11-13-6-3-2-4-7-13/h2-10,12H,11,17H2,1H3,(H,18,19)/t12-/m1/s1. The zero-order valence-electron chi connectivity index (χ0n) is 11.4. The molecular formula is C16H18N2O2. The van der Waals surface area contributed by atoms with Crippen LogP contribution in [0.1, 0.15) is 24.1 Å². The monoisotopic (exact) mass is 270 g/mol. The molecule has 0 aliphatic heterocycles. The zero-order valence-corrected chi connectivity index (χ0v) is 11.4. The van der Waals surface area contributed by atoms with Crippen molar-refractivity contribution in [1.29, 1.82) is 0 Å². The molecule has 0 aliphatic carbocycles. The fourth-order valence-electron chi connectivity index (χ4n) is 1.85. The van der Waals surface area contributed by atoms with Crippen molar-refractivity contribution in [3.8, 4) is 0 Å². The molecule has 0 spiro atoms. The minimum Gasteiger partial charge on any atom is -0.445 e. The highest BCUT2D eigenvalue weighted by Crippen LogP contribution is 2.15. The fourth-order valence-corrected chi connectivity index (χ4v) is 1.85. The molecule has 20 heavy (non-hydrogen) atoms. The van der Waals surface area contributed by atoms with Crippen LogP contribution in [0.3, 0.4) is 0 Å². The van der Waals surface area contributed by atoms with Gasteiger partial charge < -0.3 is 15.8 Å². The van der Waals surface area contributed by atoms with Gasteiger partial charge in [0.2, 0.25) is 0 Å². The molecule has 4 nitrogen and oxygen atoms in total. The number of nitrogen functional groups attached to an aromatic ring is 1. The second-order valence-electron chi connectivity index (χ2n) is 4.60. The van der Waals surface area contributed by atoms with Crippen LogP contribution in [0.2, 0.25) is 0 Å². The van der Waals surface area contributed by atoms with E-state index in [-0.39, 0.29) is 12.6 Å². The van der Waals surface area contributed by atoms with Crippen molar-refractivity contribution in [3.63, 3.8) is 0 Å². The van der Waals surface area contributed by atoms with Crippen LogP contribution in [0, 0.1) is 0 Å². The van der Waals surface area contributed by atoms with Gasteiger partial charge in [0.1, 0.15) is 6.61 Å². The highest BCUT2D eigenvalue weighted by atomic mass is 16.5. The Morgan fingerprint density at radius 2 is 1.95 bits per heavy atom. The molecule has 0 aromatic heterocycles. The van der Waals surface area contributed by atoms with Gasteiger partial charge in [0.15, 0.2) is 0 Å². The lowest BCUT2D eigenvalue weighted by Gasteiger charge is -2.14. The van der Waals surface area contributed by atoms with Gasteiger partial charge in [-0.1, -0.05) is 42.5 Å². The Kier molecular flexibility index (Phi) is 4.60. The molecule has 0 bridgehead atoms. The van der Waals surface area contributed by atoms with Gasteiger partial charge in [-0.3, -0.25) is 0 Å². The first kappa shape index (κ1) is 13.9. The van der Waals surface area contributed by atoms with Crippen LogP contribution in [-0.2, 0) is 11.3 Å². The maximum absolute atomic E-state index is 11.7. The smallest absolute Gasteiger partial charge is 0.407 e. The first-order valence-corrected chi connectivity index (χ1v) is 6.48. The van der Waals surface area contributed by atoms with E-state index in [1.807, 2.05) is 61.5 Å². The summed E-state index contributed by atoms with van der Waals surface area (Å²) in [5.74, 6) is 0. The van der Waals surface area contributed by atoms with Crippen molar-refractivity contribution in [2.45, 2.75) is 19.6 Å². The Morgan fingerprint density at radius 3 is 2.65 bits per heavy atom. The number of nitrogens with one attached hydrogen (secondary N) is 1. The summed E-state index contributed by atoms with van der Waals surface area (Å²) in [6.45, 7) is 2.15. The zero-order chi connectivity index (χ0) is 14.4. The van der Waals surface area contributed by atoms with Crippen LogP contribution in [0.4, 0.5) is 10.5 Å². The van der Waals surface area contributed by atoms with Crippen LogP contribution in [0.5, 0.6) is 0 Å². The number of anilines is 1. The molecule has 0 heterocycles. The van der Waals surface area contributed by atoms with Gasteiger partial charge in [-0.05, 0) is 30.2 Å². The number of alkyl carbamates (subject to hydrolysis) is 1. The maximum Gasteiger partial charge on any atom is 0.407 e. The average Bonchev–Trinajstić information content (AvgIpc) is 2.46. The predicted octanol–water partition coefficient (Wildman–Crippen LogP) is 3.26. The Hall–Kier alpha value is -2.49. The number of hydrogen-bond acceptors (Lipinski definition) is 3. The number of ether oxygens (including phenoxy) is 1. The van der Waals surface area contributed by atoms with E-state index >= 15 is 0 Å². The lowest BCUT2D eigenvalue weighted by molar-refractivity contribution is 0.136. The third-order valence-electron chi connectivity index (χ3n) is 2.96. The first-order chi connectivity index (χ1) is 9.65. The second kappa shape index (κ2) is 6.61. The largest absolute Gasteiger partial charge is 0.445 e. The topological polar surface area (TPSA) is 64.3 Å². The van der Waals surface area contributed by atoms with Gasteiger partial charge in [-0.25, -0.2) is 4.79 Å². The molecule has 0 unspecified atom stereocenters.